The van der Waals surface area contributed by atoms with Crippen LogP contribution in [0.5, 0.6) is 5.75 Å². The zero-order valence-electron chi connectivity index (χ0n) is 13.6. The lowest BCUT2D eigenvalue weighted by atomic mass is 9.78. The Bertz CT molecular complexity index is 526. The molecule has 1 aromatic carbocycles. The van der Waals surface area contributed by atoms with Crippen LogP contribution in [0.2, 0.25) is 0 Å². The van der Waals surface area contributed by atoms with Gasteiger partial charge < -0.3 is 15.2 Å². The number of carboxylic acid groups (broad SMARTS) is 1. The average molecular weight is 319 g/mol. The Labute approximate surface area is 137 Å². The Morgan fingerprint density at radius 2 is 1.83 bits per heavy atom. The van der Waals surface area contributed by atoms with Gasteiger partial charge in [0.1, 0.15) is 5.75 Å². The van der Waals surface area contributed by atoms with Crippen LogP contribution in [0, 0.1) is 11.8 Å². The summed E-state index contributed by atoms with van der Waals surface area (Å²) in [5.74, 6) is -1.30. The summed E-state index contributed by atoms with van der Waals surface area (Å²) in [6.45, 7) is 2.79. The third-order valence-electron chi connectivity index (χ3n) is 4.31. The van der Waals surface area contributed by atoms with Crippen molar-refractivity contribution in [1.82, 2.24) is 0 Å². The van der Waals surface area contributed by atoms with Crippen LogP contribution in [0.4, 0.5) is 5.69 Å². The third-order valence-corrected chi connectivity index (χ3v) is 4.31. The fourth-order valence-corrected chi connectivity index (χ4v) is 2.94. The first-order chi connectivity index (χ1) is 11.1. The summed E-state index contributed by atoms with van der Waals surface area (Å²) in [4.78, 5) is 23.7. The van der Waals surface area contributed by atoms with Gasteiger partial charge in [-0.25, -0.2) is 0 Å². The van der Waals surface area contributed by atoms with Gasteiger partial charge in [-0.2, -0.15) is 0 Å². The predicted octanol–water partition coefficient (Wildman–Crippen LogP) is 3.70. The van der Waals surface area contributed by atoms with Crippen molar-refractivity contribution in [1.29, 1.82) is 0 Å². The first kappa shape index (κ1) is 17.3. The Morgan fingerprint density at radius 3 is 2.43 bits per heavy atom. The highest BCUT2D eigenvalue weighted by Crippen LogP contribution is 2.31. The minimum atomic E-state index is -0.871. The lowest BCUT2D eigenvalue weighted by Crippen LogP contribution is -2.36. The Hall–Kier alpha value is -2.04. The molecule has 2 rings (SSSR count). The number of carbonyl (C=O) groups is 2. The monoisotopic (exact) mass is 319 g/mol. The highest BCUT2D eigenvalue weighted by atomic mass is 16.5. The van der Waals surface area contributed by atoms with E-state index in [2.05, 4.69) is 12.2 Å². The lowest BCUT2D eigenvalue weighted by molar-refractivity contribution is -0.147. The zero-order chi connectivity index (χ0) is 16.7. The van der Waals surface area contributed by atoms with Gasteiger partial charge in [0, 0.05) is 5.69 Å². The molecule has 0 aromatic heterocycles. The summed E-state index contributed by atoms with van der Waals surface area (Å²) in [5.41, 5.74) is 0.674. The summed E-state index contributed by atoms with van der Waals surface area (Å²) in [6, 6.07) is 7.22. The molecule has 0 spiro atoms. The number of unbranched alkanes of at least 4 members (excludes halogenated alkanes) is 1. The molecule has 0 unspecified atom stereocenters. The fourth-order valence-electron chi connectivity index (χ4n) is 2.94. The molecule has 0 aliphatic heterocycles. The molecule has 1 aliphatic carbocycles. The first-order valence-electron chi connectivity index (χ1n) is 8.38. The molecule has 126 valence electrons. The molecule has 5 nitrogen and oxygen atoms in total. The Balaban J connectivity index is 1.92. The van der Waals surface area contributed by atoms with Gasteiger partial charge in [-0.15, -0.1) is 0 Å². The normalized spacial score (nSPS) is 20.7. The molecule has 2 N–H and O–H groups in total. The molecular formula is C18H25NO4. The van der Waals surface area contributed by atoms with Gasteiger partial charge in [0.2, 0.25) is 5.91 Å². The van der Waals surface area contributed by atoms with Gasteiger partial charge in [0.25, 0.3) is 0 Å². The van der Waals surface area contributed by atoms with E-state index < -0.39 is 17.8 Å². The highest BCUT2D eigenvalue weighted by molar-refractivity contribution is 5.95. The number of amides is 1. The minimum absolute atomic E-state index is 0.197. The van der Waals surface area contributed by atoms with E-state index in [4.69, 9.17) is 4.74 Å². The summed E-state index contributed by atoms with van der Waals surface area (Å²) in [5, 5.41) is 12.1. The minimum Gasteiger partial charge on any atom is -0.494 e. The number of carboxylic acids is 1. The van der Waals surface area contributed by atoms with E-state index in [1.807, 2.05) is 12.1 Å². The smallest absolute Gasteiger partial charge is 0.307 e. The summed E-state index contributed by atoms with van der Waals surface area (Å²) >= 11 is 0. The summed E-state index contributed by atoms with van der Waals surface area (Å²) in [7, 11) is 0. The number of rotatable bonds is 7. The van der Waals surface area contributed by atoms with Crippen LogP contribution in [0.25, 0.3) is 0 Å². The van der Waals surface area contributed by atoms with Gasteiger partial charge in [-0.3, -0.25) is 9.59 Å². The fraction of sp³-hybridized carbons (Fsp3) is 0.556. The molecule has 1 aromatic rings. The molecular weight excluding hydrogens is 294 g/mol. The van der Waals surface area contributed by atoms with Crippen LogP contribution in [0.3, 0.4) is 0 Å². The quantitative estimate of drug-likeness (QED) is 0.751. The molecule has 1 saturated carbocycles. The molecule has 0 saturated heterocycles. The number of carbonyl (C=O) groups excluding carboxylic acids is 1. The van der Waals surface area contributed by atoms with E-state index in [1.165, 1.54) is 0 Å². The van der Waals surface area contributed by atoms with Gasteiger partial charge in [-0.05, 0) is 43.5 Å². The van der Waals surface area contributed by atoms with E-state index >= 15 is 0 Å². The van der Waals surface area contributed by atoms with Gasteiger partial charge >= 0.3 is 5.97 Å². The second kappa shape index (κ2) is 8.56. The Kier molecular flexibility index (Phi) is 6.44. The molecule has 1 fully saturated rings. The number of anilines is 1. The molecule has 5 heteroatoms. The van der Waals surface area contributed by atoms with Crippen molar-refractivity contribution >= 4 is 17.6 Å². The van der Waals surface area contributed by atoms with Gasteiger partial charge in [-0.1, -0.05) is 26.2 Å². The number of hydrogen-bond acceptors (Lipinski definition) is 3. The van der Waals surface area contributed by atoms with Crippen molar-refractivity contribution in [2.24, 2.45) is 11.8 Å². The number of hydrogen-bond donors (Lipinski definition) is 2. The highest BCUT2D eigenvalue weighted by Gasteiger charge is 2.35. The molecule has 0 radical (unpaired) electrons. The van der Waals surface area contributed by atoms with Crippen LogP contribution in [-0.2, 0) is 9.59 Å². The van der Waals surface area contributed by atoms with E-state index in [-0.39, 0.29) is 5.91 Å². The summed E-state index contributed by atoms with van der Waals surface area (Å²) in [6.07, 6.45) is 5.10. The first-order valence-corrected chi connectivity index (χ1v) is 8.38. The van der Waals surface area contributed by atoms with Gasteiger partial charge in [0.05, 0.1) is 18.4 Å². The predicted molar refractivity (Wildman–Crippen MR) is 88.6 cm³/mol. The van der Waals surface area contributed by atoms with E-state index in [9.17, 15) is 14.7 Å². The van der Waals surface area contributed by atoms with Gasteiger partial charge in [0.15, 0.2) is 0 Å². The van der Waals surface area contributed by atoms with Crippen LogP contribution in [0.15, 0.2) is 24.3 Å². The number of benzene rings is 1. The molecule has 2 atom stereocenters. The van der Waals surface area contributed by atoms with Crippen molar-refractivity contribution < 1.29 is 19.4 Å². The van der Waals surface area contributed by atoms with Crippen molar-refractivity contribution in [3.05, 3.63) is 24.3 Å². The SMILES string of the molecule is CCCCOc1ccc(NC(=O)[C@H]2CCCC[C@@H]2C(=O)O)cc1. The van der Waals surface area contributed by atoms with E-state index in [0.717, 1.165) is 31.4 Å². The van der Waals surface area contributed by atoms with Crippen molar-refractivity contribution in [2.45, 2.75) is 45.4 Å². The molecule has 1 amide bonds. The van der Waals surface area contributed by atoms with E-state index in [0.29, 0.717) is 25.1 Å². The molecule has 0 bridgehead atoms. The van der Waals surface area contributed by atoms with Crippen molar-refractivity contribution in [3.63, 3.8) is 0 Å². The topological polar surface area (TPSA) is 75.6 Å². The molecule has 0 heterocycles. The van der Waals surface area contributed by atoms with Crippen LogP contribution >= 0.6 is 0 Å². The van der Waals surface area contributed by atoms with Crippen LogP contribution < -0.4 is 10.1 Å². The van der Waals surface area contributed by atoms with Crippen molar-refractivity contribution in [2.75, 3.05) is 11.9 Å². The average Bonchev–Trinajstić information content (AvgIpc) is 2.56. The third kappa shape index (κ3) is 4.98. The number of nitrogens with one attached hydrogen (secondary N) is 1. The largest absolute Gasteiger partial charge is 0.494 e. The maximum absolute atomic E-state index is 12.4. The second-order valence-corrected chi connectivity index (χ2v) is 6.05. The second-order valence-electron chi connectivity index (χ2n) is 6.05. The summed E-state index contributed by atoms with van der Waals surface area (Å²) < 4.78 is 5.58. The van der Waals surface area contributed by atoms with E-state index in [1.54, 1.807) is 12.1 Å². The van der Waals surface area contributed by atoms with Crippen molar-refractivity contribution in [3.8, 4) is 5.75 Å². The number of ether oxygens (including phenoxy) is 1. The zero-order valence-corrected chi connectivity index (χ0v) is 13.6. The van der Waals surface area contributed by atoms with Crippen LogP contribution in [0.1, 0.15) is 45.4 Å². The molecule has 23 heavy (non-hydrogen) atoms. The number of aliphatic carboxylic acids is 1. The maximum Gasteiger partial charge on any atom is 0.307 e. The molecule has 1 aliphatic rings. The Morgan fingerprint density at radius 1 is 1.17 bits per heavy atom. The standard InChI is InChI=1S/C18H25NO4/c1-2-3-12-23-14-10-8-13(9-11-14)19-17(20)15-6-4-5-7-16(15)18(21)22/h8-11,15-16H,2-7,12H2,1H3,(H,19,20)(H,21,22)/t15-,16-/m0/s1. The maximum atomic E-state index is 12.4. The lowest BCUT2D eigenvalue weighted by Gasteiger charge is -2.27. The van der Waals surface area contributed by atoms with Crippen LogP contribution in [-0.4, -0.2) is 23.6 Å².